The number of para-hydroxylation sites is 1. The number of aryl methyl sites for hydroxylation is 1. The average molecular weight is 307 g/mol. The van der Waals surface area contributed by atoms with Crippen LogP contribution in [-0.4, -0.2) is 16.8 Å². The lowest BCUT2D eigenvalue weighted by molar-refractivity contribution is 0.354. The molecule has 0 fully saturated rings. The zero-order chi connectivity index (χ0) is 15.6. The number of hydrogen-bond donors (Lipinski definition) is 1. The fourth-order valence-corrected chi connectivity index (χ4v) is 2.76. The lowest BCUT2D eigenvalue weighted by Gasteiger charge is -2.10. The maximum Gasteiger partial charge on any atom is 0.247 e. The molecule has 0 spiro atoms. The second kappa shape index (κ2) is 5.76. The SMILES string of the molecule is Cc1nnc(-c2ccc(NCc3cccc4c3OCC4)cc2)o1. The molecule has 0 amide bonds. The van der Waals surface area contributed by atoms with Gasteiger partial charge in [0.05, 0.1) is 6.61 Å². The summed E-state index contributed by atoms with van der Waals surface area (Å²) < 4.78 is 11.2. The summed E-state index contributed by atoms with van der Waals surface area (Å²) in [5.41, 5.74) is 4.45. The zero-order valence-electron chi connectivity index (χ0n) is 12.9. The Morgan fingerprint density at radius 1 is 1.09 bits per heavy atom. The van der Waals surface area contributed by atoms with Gasteiger partial charge in [0.15, 0.2) is 0 Å². The molecule has 0 radical (unpaired) electrons. The maximum absolute atomic E-state index is 5.73. The number of aromatic nitrogens is 2. The van der Waals surface area contributed by atoms with Gasteiger partial charge in [-0.2, -0.15) is 0 Å². The van der Waals surface area contributed by atoms with Crippen LogP contribution in [0.4, 0.5) is 5.69 Å². The predicted octanol–water partition coefficient (Wildman–Crippen LogP) is 3.59. The second-order valence-electron chi connectivity index (χ2n) is 5.56. The van der Waals surface area contributed by atoms with Crippen LogP contribution in [0.15, 0.2) is 46.9 Å². The normalized spacial score (nSPS) is 12.7. The Bertz CT molecular complexity index is 825. The molecule has 5 nitrogen and oxygen atoms in total. The van der Waals surface area contributed by atoms with Crippen LogP contribution in [0.1, 0.15) is 17.0 Å². The van der Waals surface area contributed by atoms with Crippen molar-refractivity contribution in [1.29, 1.82) is 0 Å². The smallest absolute Gasteiger partial charge is 0.247 e. The number of benzene rings is 2. The van der Waals surface area contributed by atoms with Gasteiger partial charge in [-0.25, -0.2) is 0 Å². The first-order valence-corrected chi connectivity index (χ1v) is 7.67. The molecule has 2 heterocycles. The van der Waals surface area contributed by atoms with Gasteiger partial charge >= 0.3 is 0 Å². The summed E-state index contributed by atoms with van der Waals surface area (Å²) in [5.74, 6) is 2.15. The third kappa shape index (κ3) is 2.77. The van der Waals surface area contributed by atoms with Crippen molar-refractivity contribution in [2.45, 2.75) is 19.9 Å². The van der Waals surface area contributed by atoms with Crippen LogP contribution >= 0.6 is 0 Å². The van der Waals surface area contributed by atoms with E-state index in [0.29, 0.717) is 11.8 Å². The number of rotatable bonds is 4. The van der Waals surface area contributed by atoms with E-state index < -0.39 is 0 Å². The number of anilines is 1. The summed E-state index contributed by atoms with van der Waals surface area (Å²) in [6.07, 6.45) is 1.00. The first-order chi connectivity index (χ1) is 11.3. The Morgan fingerprint density at radius 3 is 2.74 bits per heavy atom. The van der Waals surface area contributed by atoms with E-state index in [1.54, 1.807) is 6.92 Å². The molecule has 3 aromatic rings. The molecule has 2 aromatic carbocycles. The van der Waals surface area contributed by atoms with Gasteiger partial charge in [-0.15, -0.1) is 10.2 Å². The first kappa shape index (κ1) is 13.8. The van der Waals surface area contributed by atoms with E-state index in [-0.39, 0.29) is 0 Å². The molecular weight excluding hydrogens is 290 g/mol. The van der Waals surface area contributed by atoms with Gasteiger partial charge < -0.3 is 14.5 Å². The summed E-state index contributed by atoms with van der Waals surface area (Å²) in [6, 6.07) is 14.3. The van der Waals surface area contributed by atoms with Crippen molar-refractivity contribution in [2.24, 2.45) is 0 Å². The third-order valence-corrected chi connectivity index (χ3v) is 3.94. The van der Waals surface area contributed by atoms with E-state index in [1.807, 2.05) is 24.3 Å². The van der Waals surface area contributed by atoms with Crippen LogP contribution in [0.5, 0.6) is 5.75 Å². The minimum atomic E-state index is 0.545. The topological polar surface area (TPSA) is 60.2 Å². The minimum absolute atomic E-state index is 0.545. The highest BCUT2D eigenvalue weighted by molar-refractivity contribution is 5.58. The molecule has 1 aliphatic heterocycles. The first-order valence-electron chi connectivity index (χ1n) is 7.67. The molecule has 5 heteroatoms. The van der Waals surface area contributed by atoms with Gasteiger partial charge in [0.1, 0.15) is 5.75 Å². The number of hydrogen-bond acceptors (Lipinski definition) is 5. The fraction of sp³-hybridized carbons (Fsp3) is 0.222. The molecule has 0 atom stereocenters. The molecule has 0 saturated carbocycles. The maximum atomic E-state index is 5.73. The van der Waals surface area contributed by atoms with Gasteiger partial charge in [0.2, 0.25) is 11.8 Å². The van der Waals surface area contributed by atoms with Crippen LogP contribution in [-0.2, 0) is 13.0 Å². The van der Waals surface area contributed by atoms with Crippen LogP contribution in [0.2, 0.25) is 0 Å². The molecule has 0 saturated heterocycles. The molecule has 1 aromatic heterocycles. The van der Waals surface area contributed by atoms with Crippen molar-refractivity contribution in [3.63, 3.8) is 0 Å². The Labute approximate surface area is 134 Å². The lowest BCUT2D eigenvalue weighted by atomic mass is 10.1. The lowest BCUT2D eigenvalue weighted by Crippen LogP contribution is -2.01. The van der Waals surface area contributed by atoms with Crippen molar-refractivity contribution in [2.75, 3.05) is 11.9 Å². The van der Waals surface area contributed by atoms with Crippen LogP contribution in [0.25, 0.3) is 11.5 Å². The van der Waals surface area contributed by atoms with Gasteiger partial charge in [-0.05, 0) is 29.8 Å². The van der Waals surface area contributed by atoms with Crippen molar-refractivity contribution in [3.05, 3.63) is 59.5 Å². The second-order valence-corrected chi connectivity index (χ2v) is 5.56. The predicted molar refractivity (Wildman–Crippen MR) is 87.4 cm³/mol. The van der Waals surface area contributed by atoms with E-state index in [0.717, 1.165) is 36.6 Å². The van der Waals surface area contributed by atoms with Crippen molar-refractivity contribution < 1.29 is 9.15 Å². The highest BCUT2D eigenvalue weighted by Gasteiger charge is 2.15. The number of ether oxygens (including phenoxy) is 1. The average Bonchev–Trinajstić information content (AvgIpc) is 3.22. The van der Waals surface area contributed by atoms with Crippen LogP contribution in [0.3, 0.4) is 0 Å². The minimum Gasteiger partial charge on any atom is -0.493 e. The van der Waals surface area contributed by atoms with Crippen LogP contribution in [0, 0.1) is 6.92 Å². The van der Waals surface area contributed by atoms with E-state index in [1.165, 1.54) is 11.1 Å². The Kier molecular flexibility index (Phi) is 3.46. The van der Waals surface area contributed by atoms with Gasteiger partial charge in [-0.3, -0.25) is 0 Å². The largest absolute Gasteiger partial charge is 0.493 e. The molecule has 4 rings (SSSR count). The highest BCUT2D eigenvalue weighted by Crippen LogP contribution is 2.30. The zero-order valence-corrected chi connectivity index (χ0v) is 12.9. The van der Waals surface area contributed by atoms with Gasteiger partial charge in [0.25, 0.3) is 0 Å². The monoisotopic (exact) mass is 307 g/mol. The quantitative estimate of drug-likeness (QED) is 0.798. The number of nitrogens with zero attached hydrogens (tertiary/aromatic N) is 2. The summed E-state index contributed by atoms with van der Waals surface area (Å²) in [6.45, 7) is 3.31. The van der Waals surface area contributed by atoms with E-state index in [4.69, 9.17) is 9.15 Å². The molecule has 0 aliphatic carbocycles. The molecule has 116 valence electrons. The van der Waals surface area contributed by atoms with Crippen molar-refractivity contribution in [1.82, 2.24) is 10.2 Å². The van der Waals surface area contributed by atoms with E-state index >= 15 is 0 Å². The standard InChI is InChI=1S/C18H17N3O2/c1-12-20-21-18(23-12)14-5-7-16(8-6-14)19-11-15-4-2-3-13-9-10-22-17(13)15/h2-8,19H,9-11H2,1H3. The molecule has 1 aliphatic rings. The summed E-state index contributed by atoms with van der Waals surface area (Å²) in [7, 11) is 0. The van der Waals surface area contributed by atoms with E-state index in [9.17, 15) is 0 Å². The molecule has 0 unspecified atom stereocenters. The van der Waals surface area contributed by atoms with Crippen molar-refractivity contribution in [3.8, 4) is 17.2 Å². The Balaban J connectivity index is 1.47. The molecular formula is C18H17N3O2. The van der Waals surface area contributed by atoms with E-state index in [2.05, 4.69) is 33.7 Å². The summed E-state index contributed by atoms with van der Waals surface area (Å²) >= 11 is 0. The van der Waals surface area contributed by atoms with Crippen LogP contribution < -0.4 is 10.1 Å². The fourth-order valence-electron chi connectivity index (χ4n) is 2.76. The molecule has 23 heavy (non-hydrogen) atoms. The molecule has 1 N–H and O–H groups in total. The third-order valence-electron chi connectivity index (χ3n) is 3.94. The Hall–Kier alpha value is -2.82. The van der Waals surface area contributed by atoms with Gasteiger partial charge in [0, 0.05) is 36.7 Å². The molecule has 0 bridgehead atoms. The number of nitrogens with one attached hydrogen (secondary N) is 1. The summed E-state index contributed by atoms with van der Waals surface area (Å²) in [5, 5.41) is 11.3. The highest BCUT2D eigenvalue weighted by atomic mass is 16.5. The van der Waals surface area contributed by atoms with Gasteiger partial charge in [-0.1, -0.05) is 18.2 Å². The Morgan fingerprint density at radius 2 is 1.96 bits per heavy atom. The van der Waals surface area contributed by atoms with Crippen molar-refractivity contribution >= 4 is 5.69 Å². The number of fused-ring (bicyclic) bond motifs is 1. The summed E-state index contributed by atoms with van der Waals surface area (Å²) in [4.78, 5) is 0.